The number of methoxy groups -OCH3 is 1. The minimum Gasteiger partial charge on any atom is -0.506 e. The molecule has 0 saturated carbocycles. The second-order valence-corrected chi connectivity index (χ2v) is 4.40. The van der Waals surface area contributed by atoms with E-state index in [1.54, 1.807) is 0 Å². The van der Waals surface area contributed by atoms with Gasteiger partial charge in [0.25, 0.3) is 0 Å². The third kappa shape index (κ3) is 2.99. The summed E-state index contributed by atoms with van der Waals surface area (Å²) in [7, 11) is 1.20. The van der Waals surface area contributed by atoms with Gasteiger partial charge in [0, 0.05) is 11.6 Å². The number of carboxylic acid groups (broad SMARTS) is 1. The number of aromatic carboxylic acids is 1. The number of phenolic OH excluding ortho intramolecular Hbond substituents is 1. The Bertz CT molecular complexity index is 489. The summed E-state index contributed by atoms with van der Waals surface area (Å²) in [5.74, 6) is -2.10. The number of rotatable bonds is 4. The van der Waals surface area contributed by atoms with Crippen LogP contribution in [0, 0.1) is 0 Å². The summed E-state index contributed by atoms with van der Waals surface area (Å²) >= 11 is 3.07. The van der Waals surface area contributed by atoms with E-state index < -0.39 is 18.0 Å². The fraction of sp³-hybridized carbons (Fsp3) is 0.273. The number of benzene rings is 1. The molecule has 6 nitrogen and oxygen atoms in total. The van der Waals surface area contributed by atoms with Crippen molar-refractivity contribution in [3.63, 3.8) is 0 Å². The minimum atomic E-state index is -1.23. The fourth-order valence-corrected chi connectivity index (χ4v) is 1.85. The first kappa shape index (κ1) is 14.5. The quantitative estimate of drug-likeness (QED) is 0.724. The SMILES string of the molecule is COC(=O)C[C@H](N)c1c(C(=O)O)ccc(Br)c1O. The van der Waals surface area contributed by atoms with Gasteiger partial charge < -0.3 is 20.7 Å². The lowest BCUT2D eigenvalue weighted by Gasteiger charge is -2.16. The number of hydrogen-bond acceptors (Lipinski definition) is 5. The molecule has 1 atom stereocenters. The molecule has 98 valence electrons. The van der Waals surface area contributed by atoms with Crippen molar-refractivity contribution >= 4 is 27.9 Å². The van der Waals surface area contributed by atoms with Gasteiger partial charge in [0.1, 0.15) is 5.75 Å². The lowest BCUT2D eigenvalue weighted by atomic mass is 9.97. The first-order chi connectivity index (χ1) is 8.38. The van der Waals surface area contributed by atoms with Crippen molar-refractivity contribution in [2.45, 2.75) is 12.5 Å². The van der Waals surface area contributed by atoms with Gasteiger partial charge in [-0.25, -0.2) is 4.79 Å². The zero-order chi connectivity index (χ0) is 13.9. The molecule has 4 N–H and O–H groups in total. The molecule has 0 aliphatic rings. The predicted molar refractivity (Wildman–Crippen MR) is 66.3 cm³/mol. The van der Waals surface area contributed by atoms with Crippen LogP contribution in [0.15, 0.2) is 16.6 Å². The Kier molecular flexibility index (Phi) is 4.69. The molecule has 7 heteroatoms. The van der Waals surface area contributed by atoms with E-state index >= 15 is 0 Å². The average Bonchev–Trinajstić information content (AvgIpc) is 2.31. The molecule has 0 aromatic heterocycles. The normalized spacial score (nSPS) is 11.9. The van der Waals surface area contributed by atoms with Crippen LogP contribution in [-0.2, 0) is 9.53 Å². The van der Waals surface area contributed by atoms with Gasteiger partial charge in [0.05, 0.1) is 23.6 Å². The predicted octanol–water partition coefficient (Wildman–Crippen LogP) is 1.42. The molecule has 0 spiro atoms. The van der Waals surface area contributed by atoms with E-state index in [1.165, 1.54) is 19.2 Å². The lowest BCUT2D eigenvalue weighted by molar-refractivity contribution is -0.141. The highest BCUT2D eigenvalue weighted by molar-refractivity contribution is 9.10. The summed E-state index contributed by atoms with van der Waals surface area (Å²) in [5, 5.41) is 18.9. The van der Waals surface area contributed by atoms with Crippen LogP contribution in [0.1, 0.15) is 28.4 Å². The number of nitrogens with two attached hydrogens (primary N) is 1. The Morgan fingerprint density at radius 2 is 2.11 bits per heavy atom. The lowest BCUT2D eigenvalue weighted by Crippen LogP contribution is -2.19. The number of carbonyl (C=O) groups is 2. The molecule has 0 fully saturated rings. The maximum Gasteiger partial charge on any atom is 0.336 e. The Hall–Kier alpha value is -1.60. The van der Waals surface area contributed by atoms with Gasteiger partial charge in [-0.2, -0.15) is 0 Å². The molecule has 0 aliphatic carbocycles. The van der Waals surface area contributed by atoms with Crippen LogP contribution < -0.4 is 5.73 Å². The van der Waals surface area contributed by atoms with Gasteiger partial charge in [-0.3, -0.25) is 4.79 Å². The van der Waals surface area contributed by atoms with Gasteiger partial charge in [-0.1, -0.05) is 0 Å². The summed E-state index contributed by atoms with van der Waals surface area (Å²) < 4.78 is 4.76. The summed E-state index contributed by atoms with van der Waals surface area (Å²) in [6, 6.07) is 1.74. The number of carboxylic acids is 1. The monoisotopic (exact) mass is 317 g/mol. The van der Waals surface area contributed by atoms with Crippen LogP contribution in [0.5, 0.6) is 5.75 Å². The summed E-state index contributed by atoms with van der Waals surface area (Å²) in [4.78, 5) is 22.2. The van der Waals surface area contributed by atoms with Crippen molar-refractivity contribution in [1.82, 2.24) is 0 Å². The Morgan fingerprint density at radius 1 is 1.50 bits per heavy atom. The van der Waals surface area contributed by atoms with Crippen LogP contribution in [-0.4, -0.2) is 29.3 Å². The molecular weight excluding hydrogens is 306 g/mol. The van der Waals surface area contributed by atoms with E-state index in [0.717, 1.165) is 0 Å². The zero-order valence-corrected chi connectivity index (χ0v) is 11.1. The Morgan fingerprint density at radius 3 is 2.61 bits per heavy atom. The first-order valence-electron chi connectivity index (χ1n) is 4.95. The van der Waals surface area contributed by atoms with Crippen molar-refractivity contribution in [2.24, 2.45) is 5.73 Å². The van der Waals surface area contributed by atoms with Gasteiger partial charge in [0.15, 0.2) is 0 Å². The second-order valence-electron chi connectivity index (χ2n) is 3.55. The summed E-state index contributed by atoms with van der Waals surface area (Å²) in [5.41, 5.74) is 5.59. The van der Waals surface area contributed by atoms with Gasteiger partial charge in [0.2, 0.25) is 0 Å². The van der Waals surface area contributed by atoms with Crippen LogP contribution >= 0.6 is 15.9 Å². The van der Waals surface area contributed by atoms with E-state index in [2.05, 4.69) is 20.7 Å². The van der Waals surface area contributed by atoms with Crippen LogP contribution in [0.2, 0.25) is 0 Å². The van der Waals surface area contributed by atoms with Crippen molar-refractivity contribution < 1.29 is 24.5 Å². The van der Waals surface area contributed by atoms with Crippen LogP contribution in [0.3, 0.4) is 0 Å². The zero-order valence-electron chi connectivity index (χ0n) is 9.51. The average molecular weight is 318 g/mol. The number of esters is 1. The van der Waals surface area contributed by atoms with Crippen molar-refractivity contribution in [3.05, 3.63) is 27.7 Å². The fourth-order valence-electron chi connectivity index (χ4n) is 1.51. The molecule has 1 aromatic rings. The smallest absolute Gasteiger partial charge is 0.336 e. The third-order valence-corrected chi connectivity index (χ3v) is 3.02. The number of ether oxygens (including phenoxy) is 1. The molecule has 0 amide bonds. The second kappa shape index (κ2) is 5.83. The van der Waals surface area contributed by atoms with Crippen LogP contribution in [0.25, 0.3) is 0 Å². The largest absolute Gasteiger partial charge is 0.506 e. The first-order valence-corrected chi connectivity index (χ1v) is 5.74. The highest BCUT2D eigenvalue weighted by Crippen LogP contribution is 2.35. The summed E-state index contributed by atoms with van der Waals surface area (Å²) in [6.07, 6.45) is -0.221. The molecule has 0 radical (unpaired) electrons. The molecule has 0 saturated heterocycles. The molecule has 0 unspecified atom stereocenters. The molecule has 0 heterocycles. The number of phenols is 1. The van der Waals surface area contributed by atoms with E-state index in [4.69, 9.17) is 10.8 Å². The highest BCUT2D eigenvalue weighted by atomic mass is 79.9. The molecule has 18 heavy (non-hydrogen) atoms. The van der Waals surface area contributed by atoms with Gasteiger partial charge in [-0.15, -0.1) is 0 Å². The van der Waals surface area contributed by atoms with E-state index in [1.807, 2.05) is 0 Å². The van der Waals surface area contributed by atoms with Gasteiger partial charge >= 0.3 is 11.9 Å². The topological polar surface area (TPSA) is 110 Å². The Balaban J connectivity index is 3.23. The third-order valence-electron chi connectivity index (χ3n) is 2.38. The molecule has 0 aliphatic heterocycles. The van der Waals surface area contributed by atoms with E-state index in [0.29, 0.717) is 4.47 Å². The van der Waals surface area contributed by atoms with E-state index in [9.17, 15) is 14.7 Å². The summed E-state index contributed by atoms with van der Waals surface area (Å²) in [6.45, 7) is 0. The Labute approximate surface area is 111 Å². The molecule has 1 rings (SSSR count). The van der Waals surface area contributed by atoms with Crippen molar-refractivity contribution in [3.8, 4) is 5.75 Å². The molecule has 0 bridgehead atoms. The highest BCUT2D eigenvalue weighted by Gasteiger charge is 2.23. The maximum atomic E-state index is 11.1. The maximum absolute atomic E-state index is 11.1. The van der Waals surface area contributed by atoms with Crippen molar-refractivity contribution in [1.29, 1.82) is 0 Å². The molecular formula is C11H12BrNO5. The van der Waals surface area contributed by atoms with Crippen LogP contribution in [0.4, 0.5) is 0 Å². The minimum absolute atomic E-state index is 0.00211. The number of hydrogen-bond donors (Lipinski definition) is 3. The number of carbonyl (C=O) groups excluding carboxylic acids is 1. The van der Waals surface area contributed by atoms with Crippen molar-refractivity contribution in [2.75, 3.05) is 7.11 Å². The van der Waals surface area contributed by atoms with Gasteiger partial charge in [-0.05, 0) is 28.1 Å². The number of halogens is 1. The molecule has 1 aromatic carbocycles. The standard InChI is InChI=1S/C11H12BrNO5/c1-18-8(14)4-7(13)9-5(11(16)17)2-3-6(12)10(9)15/h2-3,7,15H,4,13H2,1H3,(H,16,17)/t7-/m0/s1. The van der Waals surface area contributed by atoms with E-state index in [-0.39, 0.29) is 23.3 Å². The number of aromatic hydroxyl groups is 1.